The van der Waals surface area contributed by atoms with Crippen molar-refractivity contribution in [2.24, 2.45) is 5.10 Å². The number of nitrogens with one attached hydrogen (secondary N) is 1. The number of halogens is 1. The van der Waals surface area contributed by atoms with Gasteiger partial charge in [0, 0.05) is 0 Å². The number of furan rings is 1. The molecule has 0 bridgehead atoms. The fourth-order valence-electron chi connectivity index (χ4n) is 1.69. The molecule has 1 aromatic heterocycles. The van der Waals surface area contributed by atoms with Crippen LogP contribution < -0.4 is 5.43 Å². The maximum Gasteiger partial charge on any atom is 0.274 e. The van der Waals surface area contributed by atoms with Gasteiger partial charge in [-0.2, -0.15) is 5.10 Å². The zero-order chi connectivity index (χ0) is 14.7. The first-order valence-electron chi connectivity index (χ1n) is 5.86. The van der Waals surface area contributed by atoms with Crippen LogP contribution in [-0.4, -0.2) is 17.2 Å². The summed E-state index contributed by atoms with van der Waals surface area (Å²) in [4.78, 5) is 11.9. The Morgan fingerprint density at radius 1 is 1.40 bits per heavy atom. The van der Waals surface area contributed by atoms with E-state index in [1.165, 1.54) is 12.3 Å². The second-order valence-electron chi connectivity index (χ2n) is 4.24. The van der Waals surface area contributed by atoms with Crippen LogP contribution in [-0.2, 0) is 0 Å². The maximum atomic E-state index is 11.9. The molecule has 0 saturated heterocycles. The first-order chi connectivity index (χ1) is 9.47. The maximum absolute atomic E-state index is 11.9. The lowest BCUT2D eigenvalue weighted by atomic mass is 10.2. The largest absolute Gasteiger partial charge is 0.507 e. The van der Waals surface area contributed by atoms with E-state index in [-0.39, 0.29) is 11.7 Å². The summed E-state index contributed by atoms with van der Waals surface area (Å²) in [7, 11) is 0. The second-order valence-corrected chi connectivity index (χ2v) is 5.09. The van der Waals surface area contributed by atoms with Crippen LogP contribution in [0.1, 0.15) is 27.4 Å². The van der Waals surface area contributed by atoms with E-state index in [0.29, 0.717) is 21.6 Å². The molecule has 2 N–H and O–H groups in total. The van der Waals surface area contributed by atoms with E-state index in [4.69, 9.17) is 4.42 Å². The van der Waals surface area contributed by atoms with Crippen LogP contribution in [0.2, 0.25) is 0 Å². The normalized spacial score (nSPS) is 10.9. The number of nitrogens with zero attached hydrogens (tertiary/aromatic N) is 1. The summed E-state index contributed by atoms with van der Waals surface area (Å²) < 4.78 is 5.85. The molecule has 2 rings (SSSR count). The molecule has 1 aromatic carbocycles. The Hall–Kier alpha value is -2.08. The summed E-state index contributed by atoms with van der Waals surface area (Å²) in [6.07, 6.45) is 1.49. The first kappa shape index (κ1) is 14.3. The monoisotopic (exact) mass is 336 g/mol. The number of benzene rings is 1. The quantitative estimate of drug-likeness (QED) is 0.667. The highest BCUT2D eigenvalue weighted by atomic mass is 79.9. The molecule has 0 unspecified atom stereocenters. The van der Waals surface area contributed by atoms with E-state index in [1.54, 1.807) is 32.0 Å². The SMILES string of the molecule is Cc1cc(C(=O)N/N=C/c2ccc(O)c(Br)c2)c(C)o1. The Labute approximate surface area is 124 Å². The summed E-state index contributed by atoms with van der Waals surface area (Å²) in [6.45, 7) is 3.50. The number of carbonyl (C=O) groups is 1. The molecule has 0 aliphatic carbocycles. The van der Waals surface area contributed by atoms with Crippen LogP contribution in [0, 0.1) is 13.8 Å². The highest BCUT2D eigenvalue weighted by Crippen LogP contribution is 2.23. The summed E-state index contributed by atoms with van der Waals surface area (Å²) in [5.41, 5.74) is 3.64. The topological polar surface area (TPSA) is 74.8 Å². The summed E-state index contributed by atoms with van der Waals surface area (Å²) >= 11 is 3.20. The average Bonchev–Trinajstić information content (AvgIpc) is 2.73. The van der Waals surface area contributed by atoms with Gasteiger partial charge in [-0.05, 0) is 59.6 Å². The van der Waals surface area contributed by atoms with Gasteiger partial charge in [0.1, 0.15) is 17.3 Å². The molecule has 104 valence electrons. The third-order valence-corrected chi connectivity index (χ3v) is 3.27. The predicted molar refractivity (Wildman–Crippen MR) is 79.0 cm³/mol. The zero-order valence-corrected chi connectivity index (χ0v) is 12.6. The predicted octanol–water partition coefficient (Wildman–Crippen LogP) is 3.13. The number of phenolic OH excluding ortho intramolecular Hbond substituents is 1. The minimum absolute atomic E-state index is 0.149. The molecule has 5 nitrogen and oxygen atoms in total. The molecule has 0 aliphatic rings. The van der Waals surface area contributed by atoms with E-state index in [2.05, 4.69) is 26.5 Å². The molecule has 1 heterocycles. The van der Waals surface area contributed by atoms with Gasteiger partial charge < -0.3 is 9.52 Å². The number of phenols is 1. The van der Waals surface area contributed by atoms with E-state index in [0.717, 1.165) is 5.56 Å². The van der Waals surface area contributed by atoms with Crippen molar-refractivity contribution in [1.82, 2.24) is 5.43 Å². The van der Waals surface area contributed by atoms with Crippen LogP contribution in [0.15, 0.2) is 38.3 Å². The van der Waals surface area contributed by atoms with Crippen LogP contribution in [0.4, 0.5) is 0 Å². The van der Waals surface area contributed by atoms with Gasteiger partial charge in [0.15, 0.2) is 0 Å². The molecule has 6 heteroatoms. The molecular weight excluding hydrogens is 324 g/mol. The van der Waals surface area contributed by atoms with Crippen molar-refractivity contribution >= 4 is 28.1 Å². The Morgan fingerprint density at radius 3 is 2.75 bits per heavy atom. The fourth-order valence-corrected chi connectivity index (χ4v) is 2.08. The lowest BCUT2D eigenvalue weighted by Crippen LogP contribution is -2.17. The molecule has 0 saturated carbocycles. The molecule has 0 fully saturated rings. The van der Waals surface area contributed by atoms with Gasteiger partial charge in [-0.25, -0.2) is 5.43 Å². The third kappa shape index (κ3) is 3.27. The van der Waals surface area contributed by atoms with Crippen LogP contribution in [0.5, 0.6) is 5.75 Å². The zero-order valence-electron chi connectivity index (χ0n) is 11.0. The van der Waals surface area contributed by atoms with Gasteiger partial charge in [0.05, 0.1) is 16.3 Å². The van der Waals surface area contributed by atoms with Crippen molar-refractivity contribution in [2.75, 3.05) is 0 Å². The van der Waals surface area contributed by atoms with Crippen molar-refractivity contribution in [3.05, 3.63) is 51.4 Å². The number of aromatic hydroxyl groups is 1. The number of carbonyl (C=O) groups excluding carboxylic acids is 1. The Kier molecular flexibility index (Phi) is 4.24. The van der Waals surface area contributed by atoms with Crippen molar-refractivity contribution in [1.29, 1.82) is 0 Å². The number of rotatable bonds is 3. The Balaban J connectivity index is 2.04. The van der Waals surface area contributed by atoms with Gasteiger partial charge in [0.25, 0.3) is 5.91 Å². The van der Waals surface area contributed by atoms with E-state index in [1.807, 2.05) is 0 Å². The fraction of sp³-hybridized carbons (Fsp3) is 0.143. The van der Waals surface area contributed by atoms with Crippen LogP contribution in [0.25, 0.3) is 0 Å². The number of hydrogen-bond donors (Lipinski definition) is 2. The van der Waals surface area contributed by atoms with Crippen molar-refractivity contribution in [3.8, 4) is 5.75 Å². The van der Waals surface area contributed by atoms with Crippen molar-refractivity contribution < 1.29 is 14.3 Å². The van der Waals surface area contributed by atoms with E-state index >= 15 is 0 Å². The van der Waals surface area contributed by atoms with Crippen molar-refractivity contribution in [2.45, 2.75) is 13.8 Å². The highest BCUT2D eigenvalue weighted by Gasteiger charge is 2.12. The molecule has 0 radical (unpaired) electrons. The van der Waals surface area contributed by atoms with Gasteiger partial charge in [0.2, 0.25) is 0 Å². The number of hydrogen-bond acceptors (Lipinski definition) is 4. The smallest absolute Gasteiger partial charge is 0.274 e. The molecular formula is C14H13BrN2O3. The van der Waals surface area contributed by atoms with Gasteiger partial charge >= 0.3 is 0 Å². The highest BCUT2D eigenvalue weighted by molar-refractivity contribution is 9.10. The summed E-state index contributed by atoms with van der Waals surface area (Å²) in [5.74, 6) is 1.06. The molecule has 2 aromatic rings. The van der Waals surface area contributed by atoms with Gasteiger partial charge in [-0.15, -0.1) is 0 Å². The molecule has 0 spiro atoms. The summed E-state index contributed by atoms with van der Waals surface area (Å²) in [5, 5.41) is 13.2. The molecule has 0 aliphatic heterocycles. The van der Waals surface area contributed by atoms with E-state index < -0.39 is 0 Å². The minimum Gasteiger partial charge on any atom is -0.507 e. The van der Waals surface area contributed by atoms with Crippen LogP contribution in [0.3, 0.4) is 0 Å². The Bertz CT molecular complexity index is 677. The molecule has 1 amide bonds. The van der Waals surface area contributed by atoms with Crippen LogP contribution >= 0.6 is 15.9 Å². The molecule has 20 heavy (non-hydrogen) atoms. The van der Waals surface area contributed by atoms with Crippen molar-refractivity contribution in [3.63, 3.8) is 0 Å². The second kappa shape index (κ2) is 5.92. The Morgan fingerprint density at radius 2 is 2.15 bits per heavy atom. The minimum atomic E-state index is -0.326. The standard InChI is InChI=1S/C14H13BrN2O3/c1-8-5-11(9(2)20-8)14(19)17-16-7-10-3-4-13(18)12(15)6-10/h3-7,18H,1-2H3,(H,17,19)/b16-7+. The number of hydrazone groups is 1. The number of aryl methyl sites for hydroxylation is 2. The van der Waals surface area contributed by atoms with E-state index in [9.17, 15) is 9.90 Å². The third-order valence-electron chi connectivity index (χ3n) is 2.64. The average molecular weight is 337 g/mol. The lowest BCUT2D eigenvalue weighted by molar-refractivity contribution is 0.0953. The first-order valence-corrected chi connectivity index (χ1v) is 6.65. The van der Waals surface area contributed by atoms with Gasteiger partial charge in [-0.1, -0.05) is 0 Å². The lowest BCUT2D eigenvalue weighted by Gasteiger charge is -1.99. The number of amides is 1. The summed E-state index contributed by atoms with van der Waals surface area (Å²) in [6, 6.07) is 6.58. The van der Waals surface area contributed by atoms with Gasteiger partial charge in [-0.3, -0.25) is 4.79 Å². The molecule has 0 atom stereocenters.